The Morgan fingerprint density at radius 2 is 2.11 bits per heavy atom. The Kier molecular flexibility index (Phi) is 3.92. The van der Waals surface area contributed by atoms with E-state index in [1.54, 1.807) is 7.11 Å². The van der Waals surface area contributed by atoms with Crippen LogP contribution in [0.4, 0.5) is 0 Å². The Morgan fingerprint density at radius 3 is 2.78 bits per heavy atom. The lowest BCUT2D eigenvalue weighted by Gasteiger charge is -2.08. The van der Waals surface area contributed by atoms with Gasteiger partial charge in [-0.25, -0.2) is 0 Å². The molecule has 0 saturated carbocycles. The van der Waals surface area contributed by atoms with Crippen LogP contribution in [0.25, 0.3) is 10.9 Å². The van der Waals surface area contributed by atoms with Gasteiger partial charge in [-0.05, 0) is 43.7 Å². The largest absolute Gasteiger partial charge is 0.497 e. The van der Waals surface area contributed by atoms with Gasteiger partial charge < -0.3 is 15.0 Å². The average Bonchev–Trinajstić information content (AvgIpc) is 2.64. The lowest BCUT2D eigenvalue weighted by molar-refractivity contribution is 0.415. The van der Waals surface area contributed by atoms with Gasteiger partial charge in [0, 0.05) is 22.6 Å². The van der Waals surface area contributed by atoms with Crippen LogP contribution in [0.3, 0.4) is 0 Å². The lowest BCUT2D eigenvalue weighted by atomic mass is 10.1. The second kappa shape index (κ2) is 5.44. The SMILES string of the molecule is COc1ccc2[nH]c(C)c(CCNC(C)C)c2c1. The predicted octanol–water partition coefficient (Wildman–Crippen LogP) is 3.03. The maximum absolute atomic E-state index is 5.30. The van der Waals surface area contributed by atoms with Crippen LogP contribution in [0.15, 0.2) is 18.2 Å². The summed E-state index contributed by atoms with van der Waals surface area (Å²) in [4.78, 5) is 3.43. The summed E-state index contributed by atoms with van der Waals surface area (Å²) in [7, 11) is 1.71. The predicted molar refractivity (Wildman–Crippen MR) is 76.4 cm³/mol. The Bertz CT molecular complexity index is 529. The van der Waals surface area contributed by atoms with Crippen molar-refractivity contribution in [3.63, 3.8) is 0 Å². The normalized spacial score (nSPS) is 11.4. The first-order valence-corrected chi connectivity index (χ1v) is 6.50. The first-order chi connectivity index (χ1) is 8.61. The van der Waals surface area contributed by atoms with Crippen molar-refractivity contribution in [3.8, 4) is 5.75 Å². The first kappa shape index (κ1) is 13.0. The number of aryl methyl sites for hydroxylation is 1. The zero-order valence-corrected chi connectivity index (χ0v) is 11.6. The Balaban J connectivity index is 2.27. The Hall–Kier alpha value is -1.48. The number of methoxy groups -OCH3 is 1. The number of aromatic nitrogens is 1. The fourth-order valence-corrected chi connectivity index (χ4v) is 2.30. The summed E-state index contributed by atoms with van der Waals surface area (Å²) in [6.07, 6.45) is 1.04. The quantitative estimate of drug-likeness (QED) is 0.851. The van der Waals surface area contributed by atoms with E-state index in [-0.39, 0.29) is 0 Å². The van der Waals surface area contributed by atoms with Crippen molar-refractivity contribution in [2.45, 2.75) is 33.2 Å². The van der Waals surface area contributed by atoms with Crippen molar-refractivity contribution in [1.82, 2.24) is 10.3 Å². The van der Waals surface area contributed by atoms with E-state index in [0.29, 0.717) is 6.04 Å². The number of ether oxygens (including phenoxy) is 1. The van der Waals surface area contributed by atoms with E-state index < -0.39 is 0 Å². The van der Waals surface area contributed by atoms with Crippen molar-refractivity contribution in [1.29, 1.82) is 0 Å². The van der Waals surface area contributed by atoms with Crippen molar-refractivity contribution in [3.05, 3.63) is 29.5 Å². The van der Waals surface area contributed by atoms with Crippen LogP contribution in [0.2, 0.25) is 0 Å². The summed E-state index contributed by atoms with van der Waals surface area (Å²) < 4.78 is 5.30. The van der Waals surface area contributed by atoms with E-state index in [9.17, 15) is 0 Å². The number of hydrogen-bond acceptors (Lipinski definition) is 2. The van der Waals surface area contributed by atoms with Crippen molar-refractivity contribution in [2.75, 3.05) is 13.7 Å². The molecule has 0 aliphatic heterocycles. The average molecular weight is 246 g/mol. The zero-order valence-electron chi connectivity index (χ0n) is 11.6. The second-order valence-electron chi connectivity index (χ2n) is 5.00. The van der Waals surface area contributed by atoms with Gasteiger partial charge in [0.15, 0.2) is 0 Å². The Labute approximate surface area is 109 Å². The third kappa shape index (κ3) is 2.67. The molecule has 2 N–H and O–H groups in total. The number of benzene rings is 1. The van der Waals surface area contributed by atoms with Gasteiger partial charge in [0.1, 0.15) is 5.75 Å². The van der Waals surface area contributed by atoms with Gasteiger partial charge in [-0.2, -0.15) is 0 Å². The van der Waals surface area contributed by atoms with E-state index in [1.165, 1.54) is 22.2 Å². The molecule has 3 heteroatoms. The fourth-order valence-electron chi connectivity index (χ4n) is 2.30. The molecule has 1 heterocycles. The summed E-state index contributed by atoms with van der Waals surface area (Å²) in [5.74, 6) is 0.916. The maximum atomic E-state index is 5.30. The van der Waals surface area contributed by atoms with E-state index in [0.717, 1.165) is 18.7 Å². The molecule has 1 aromatic carbocycles. The lowest BCUT2D eigenvalue weighted by Crippen LogP contribution is -2.25. The van der Waals surface area contributed by atoms with Crippen LogP contribution in [0, 0.1) is 6.92 Å². The summed E-state index contributed by atoms with van der Waals surface area (Å²) in [5, 5.41) is 4.73. The molecule has 98 valence electrons. The highest BCUT2D eigenvalue weighted by atomic mass is 16.5. The second-order valence-corrected chi connectivity index (χ2v) is 5.00. The molecular formula is C15H22N2O. The minimum absolute atomic E-state index is 0.532. The third-order valence-corrected chi connectivity index (χ3v) is 3.25. The molecule has 0 fully saturated rings. The molecule has 1 aromatic heterocycles. The highest BCUT2D eigenvalue weighted by molar-refractivity contribution is 5.86. The molecule has 18 heavy (non-hydrogen) atoms. The van der Waals surface area contributed by atoms with Crippen LogP contribution < -0.4 is 10.1 Å². The summed E-state index contributed by atoms with van der Waals surface area (Å²) in [6, 6.07) is 6.73. The molecule has 0 amide bonds. The molecule has 0 unspecified atom stereocenters. The number of H-pyrrole nitrogens is 1. The molecule has 2 aromatic rings. The standard InChI is InChI=1S/C15H22N2O/c1-10(2)16-8-7-13-11(3)17-15-6-5-12(18-4)9-14(13)15/h5-6,9-10,16-17H,7-8H2,1-4H3. The van der Waals surface area contributed by atoms with Crippen LogP contribution >= 0.6 is 0 Å². The van der Waals surface area contributed by atoms with Crippen molar-refractivity contribution >= 4 is 10.9 Å². The van der Waals surface area contributed by atoms with E-state index >= 15 is 0 Å². The molecule has 2 rings (SSSR count). The van der Waals surface area contributed by atoms with Crippen molar-refractivity contribution in [2.24, 2.45) is 0 Å². The molecule has 0 radical (unpaired) electrons. The van der Waals surface area contributed by atoms with Gasteiger partial charge in [0.25, 0.3) is 0 Å². The Morgan fingerprint density at radius 1 is 1.33 bits per heavy atom. The van der Waals surface area contributed by atoms with E-state index in [2.05, 4.69) is 43.2 Å². The third-order valence-electron chi connectivity index (χ3n) is 3.25. The molecule has 0 saturated heterocycles. The van der Waals surface area contributed by atoms with Gasteiger partial charge >= 0.3 is 0 Å². The van der Waals surface area contributed by atoms with Gasteiger partial charge in [-0.1, -0.05) is 13.8 Å². The molecule has 3 nitrogen and oxygen atoms in total. The molecule has 0 atom stereocenters. The topological polar surface area (TPSA) is 37.0 Å². The molecular weight excluding hydrogens is 224 g/mol. The highest BCUT2D eigenvalue weighted by Gasteiger charge is 2.09. The highest BCUT2D eigenvalue weighted by Crippen LogP contribution is 2.26. The minimum atomic E-state index is 0.532. The van der Waals surface area contributed by atoms with Crippen LogP contribution in [-0.4, -0.2) is 24.7 Å². The number of nitrogens with one attached hydrogen (secondary N) is 2. The summed E-state index contributed by atoms with van der Waals surface area (Å²) in [6.45, 7) is 7.48. The molecule has 0 aliphatic rings. The van der Waals surface area contributed by atoms with Crippen molar-refractivity contribution < 1.29 is 4.74 Å². The van der Waals surface area contributed by atoms with Gasteiger partial charge in [0.2, 0.25) is 0 Å². The van der Waals surface area contributed by atoms with Crippen LogP contribution in [-0.2, 0) is 6.42 Å². The van der Waals surface area contributed by atoms with Crippen LogP contribution in [0.1, 0.15) is 25.1 Å². The maximum Gasteiger partial charge on any atom is 0.119 e. The molecule has 0 bridgehead atoms. The van der Waals surface area contributed by atoms with Crippen LogP contribution in [0.5, 0.6) is 5.75 Å². The number of fused-ring (bicyclic) bond motifs is 1. The number of rotatable bonds is 5. The monoisotopic (exact) mass is 246 g/mol. The molecule has 0 spiro atoms. The molecule has 0 aliphatic carbocycles. The summed E-state index contributed by atoms with van der Waals surface area (Å²) in [5.41, 5.74) is 3.83. The van der Waals surface area contributed by atoms with Gasteiger partial charge in [-0.3, -0.25) is 0 Å². The summed E-state index contributed by atoms with van der Waals surface area (Å²) >= 11 is 0. The van der Waals surface area contributed by atoms with E-state index in [1.807, 2.05) is 6.07 Å². The number of aromatic amines is 1. The van der Waals surface area contributed by atoms with Gasteiger partial charge in [-0.15, -0.1) is 0 Å². The number of hydrogen-bond donors (Lipinski definition) is 2. The van der Waals surface area contributed by atoms with Gasteiger partial charge in [0.05, 0.1) is 7.11 Å². The smallest absolute Gasteiger partial charge is 0.119 e. The van der Waals surface area contributed by atoms with E-state index in [4.69, 9.17) is 4.74 Å². The minimum Gasteiger partial charge on any atom is -0.497 e. The fraction of sp³-hybridized carbons (Fsp3) is 0.467. The first-order valence-electron chi connectivity index (χ1n) is 6.50. The zero-order chi connectivity index (χ0) is 13.1.